The molecule has 0 saturated heterocycles. The fourth-order valence-corrected chi connectivity index (χ4v) is 1.13. The first-order valence-electron chi connectivity index (χ1n) is 4.58. The zero-order valence-electron chi connectivity index (χ0n) is 8.21. The monoisotopic (exact) mass is 183 g/mol. The van der Waals surface area contributed by atoms with Gasteiger partial charge in [0, 0.05) is 18.7 Å². The van der Waals surface area contributed by atoms with Crippen LogP contribution in [0.4, 0.5) is 0 Å². The lowest BCUT2D eigenvalue weighted by molar-refractivity contribution is 0.385. The maximum absolute atomic E-state index is 5.43. The molecule has 0 spiro atoms. The molecule has 1 rings (SSSR count). The zero-order chi connectivity index (χ0) is 9.68. The lowest BCUT2D eigenvalue weighted by atomic mass is 10.2. The van der Waals surface area contributed by atoms with Crippen LogP contribution in [0.2, 0.25) is 0 Å². The SMILES string of the molecule is Cc1cc(CNC(C)CCN)no1. The summed E-state index contributed by atoms with van der Waals surface area (Å²) >= 11 is 0. The number of nitrogens with two attached hydrogens (primary N) is 1. The van der Waals surface area contributed by atoms with E-state index in [1.807, 2.05) is 13.0 Å². The molecule has 0 aliphatic carbocycles. The van der Waals surface area contributed by atoms with Crippen molar-refractivity contribution in [2.45, 2.75) is 32.9 Å². The molecule has 1 aromatic rings. The van der Waals surface area contributed by atoms with Gasteiger partial charge in [-0.25, -0.2) is 0 Å². The Bertz CT molecular complexity index is 247. The summed E-state index contributed by atoms with van der Waals surface area (Å²) in [5, 5.41) is 7.19. The van der Waals surface area contributed by atoms with E-state index in [0.717, 1.165) is 24.4 Å². The van der Waals surface area contributed by atoms with Gasteiger partial charge in [-0.2, -0.15) is 0 Å². The highest BCUT2D eigenvalue weighted by atomic mass is 16.5. The van der Waals surface area contributed by atoms with Crippen molar-refractivity contribution in [2.75, 3.05) is 6.54 Å². The number of rotatable bonds is 5. The summed E-state index contributed by atoms with van der Waals surface area (Å²) < 4.78 is 4.94. The van der Waals surface area contributed by atoms with Crippen LogP contribution in [0.15, 0.2) is 10.6 Å². The van der Waals surface area contributed by atoms with Crippen molar-refractivity contribution >= 4 is 0 Å². The van der Waals surface area contributed by atoms with E-state index >= 15 is 0 Å². The van der Waals surface area contributed by atoms with Gasteiger partial charge in [0.25, 0.3) is 0 Å². The molecule has 0 radical (unpaired) electrons. The van der Waals surface area contributed by atoms with E-state index in [4.69, 9.17) is 10.3 Å². The predicted molar refractivity (Wildman–Crippen MR) is 51.2 cm³/mol. The predicted octanol–water partition coefficient (Wildman–Crippen LogP) is 0.810. The molecule has 0 fully saturated rings. The quantitative estimate of drug-likeness (QED) is 0.709. The topological polar surface area (TPSA) is 64.1 Å². The number of nitrogens with zero attached hydrogens (tertiary/aromatic N) is 1. The summed E-state index contributed by atoms with van der Waals surface area (Å²) in [4.78, 5) is 0. The molecular formula is C9H17N3O. The Morgan fingerprint density at radius 3 is 3.00 bits per heavy atom. The molecule has 1 unspecified atom stereocenters. The Morgan fingerprint density at radius 1 is 1.69 bits per heavy atom. The first-order chi connectivity index (χ1) is 6.22. The fourth-order valence-electron chi connectivity index (χ4n) is 1.13. The van der Waals surface area contributed by atoms with Crippen molar-refractivity contribution in [1.82, 2.24) is 10.5 Å². The van der Waals surface area contributed by atoms with Crippen LogP contribution in [-0.4, -0.2) is 17.7 Å². The second-order valence-corrected chi connectivity index (χ2v) is 3.29. The van der Waals surface area contributed by atoms with E-state index in [-0.39, 0.29) is 0 Å². The number of hydrogen-bond donors (Lipinski definition) is 2. The van der Waals surface area contributed by atoms with Crippen molar-refractivity contribution < 1.29 is 4.52 Å². The second kappa shape index (κ2) is 4.99. The minimum absolute atomic E-state index is 0.432. The van der Waals surface area contributed by atoms with Gasteiger partial charge in [-0.05, 0) is 26.8 Å². The highest BCUT2D eigenvalue weighted by Crippen LogP contribution is 2.01. The minimum atomic E-state index is 0.432. The average Bonchev–Trinajstić information content (AvgIpc) is 2.49. The molecular weight excluding hydrogens is 166 g/mol. The molecule has 0 bridgehead atoms. The van der Waals surface area contributed by atoms with Gasteiger partial charge in [0.15, 0.2) is 0 Å². The summed E-state index contributed by atoms with van der Waals surface area (Å²) in [6, 6.07) is 2.37. The first-order valence-corrected chi connectivity index (χ1v) is 4.58. The zero-order valence-corrected chi connectivity index (χ0v) is 8.21. The number of nitrogens with one attached hydrogen (secondary N) is 1. The van der Waals surface area contributed by atoms with Crippen LogP contribution in [0.25, 0.3) is 0 Å². The molecule has 0 saturated carbocycles. The summed E-state index contributed by atoms with van der Waals surface area (Å²) in [6.45, 7) is 5.46. The molecule has 1 heterocycles. The Hall–Kier alpha value is -0.870. The van der Waals surface area contributed by atoms with Gasteiger partial charge in [0.2, 0.25) is 0 Å². The van der Waals surface area contributed by atoms with Crippen LogP contribution in [0.1, 0.15) is 24.8 Å². The summed E-state index contributed by atoms with van der Waals surface area (Å²) in [5.74, 6) is 0.850. The number of aryl methyl sites for hydroxylation is 1. The van der Waals surface area contributed by atoms with Gasteiger partial charge in [-0.15, -0.1) is 0 Å². The van der Waals surface area contributed by atoms with E-state index in [9.17, 15) is 0 Å². The molecule has 1 atom stereocenters. The van der Waals surface area contributed by atoms with Crippen LogP contribution < -0.4 is 11.1 Å². The van der Waals surface area contributed by atoms with E-state index in [2.05, 4.69) is 17.4 Å². The van der Waals surface area contributed by atoms with Crippen molar-refractivity contribution in [1.29, 1.82) is 0 Å². The molecule has 13 heavy (non-hydrogen) atoms. The molecule has 4 nitrogen and oxygen atoms in total. The fraction of sp³-hybridized carbons (Fsp3) is 0.667. The maximum atomic E-state index is 5.43. The van der Waals surface area contributed by atoms with Gasteiger partial charge in [0.1, 0.15) is 5.76 Å². The summed E-state index contributed by atoms with van der Waals surface area (Å²) in [7, 11) is 0. The van der Waals surface area contributed by atoms with Gasteiger partial charge in [0.05, 0.1) is 5.69 Å². The van der Waals surface area contributed by atoms with Gasteiger partial charge in [-0.1, -0.05) is 5.16 Å². The molecule has 74 valence electrons. The molecule has 0 aliphatic rings. The first kappa shape index (κ1) is 10.2. The standard InChI is InChI=1S/C9H17N3O/c1-7(3-4-10)11-6-9-5-8(2)13-12-9/h5,7,11H,3-4,6,10H2,1-2H3. The van der Waals surface area contributed by atoms with Crippen LogP contribution in [0, 0.1) is 6.92 Å². The normalized spacial score (nSPS) is 13.2. The molecule has 0 amide bonds. The van der Waals surface area contributed by atoms with Crippen LogP contribution in [0.5, 0.6) is 0 Å². The lowest BCUT2D eigenvalue weighted by Gasteiger charge is -2.10. The molecule has 3 N–H and O–H groups in total. The van der Waals surface area contributed by atoms with Gasteiger partial charge >= 0.3 is 0 Å². The Labute approximate surface area is 78.5 Å². The average molecular weight is 183 g/mol. The third-order valence-corrected chi connectivity index (χ3v) is 1.91. The number of hydrogen-bond acceptors (Lipinski definition) is 4. The molecule has 0 aromatic carbocycles. The number of aromatic nitrogens is 1. The van der Waals surface area contributed by atoms with Crippen LogP contribution >= 0.6 is 0 Å². The van der Waals surface area contributed by atoms with Crippen molar-refractivity contribution in [2.24, 2.45) is 5.73 Å². The molecule has 0 aliphatic heterocycles. The van der Waals surface area contributed by atoms with E-state index < -0.39 is 0 Å². The Morgan fingerprint density at radius 2 is 2.46 bits per heavy atom. The van der Waals surface area contributed by atoms with Crippen LogP contribution in [-0.2, 0) is 6.54 Å². The van der Waals surface area contributed by atoms with Gasteiger partial charge < -0.3 is 15.6 Å². The largest absolute Gasteiger partial charge is 0.361 e. The van der Waals surface area contributed by atoms with Crippen molar-refractivity contribution in [3.63, 3.8) is 0 Å². The van der Waals surface area contributed by atoms with Gasteiger partial charge in [-0.3, -0.25) is 0 Å². The second-order valence-electron chi connectivity index (χ2n) is 3.29. The molecule has 1 aromatic heterocycles. The Kier molecular flexibility index (Phi) is 3.92. The minimum Gasteiger partial charge on any atom is -0.361 e. The maximum Gasteiger partial charge on any atom is 0.133 e. The van der Waals surface area contributed by atoms with E-state index in [0.29, 0.717) is 12.6 Å². The third-order valence-electron chi connectivity index (χ3n) is 1.91. The smallest absolute Gasteiger partial charge is 0.133 e. The van der Waals surface area contributed by atoms with E-state index in [1.165, 1.54) is 0 Å². The molecule has 4 heteroatoms. The third kappa shape index (κ3) is 3.57. The lowest BCUT2D eigenvalue weighted by Crippen LogP contribution is -2.27. The highest BCUT2D eigenvalue weighted by molar-refractivity contribution is 5.02. The van der Waals surface area contributed by atoms with E-state index in [1.54, 1.807) is 0 Å². The Balaban J connectivity index is 2.26. The van der Waals surface area contributed by atoms with Crippen LogP contribution in [0.3, 0.4) is 0 Å². The van der Waals surface area contributed by atoms with Crippen molar-refractivity contribution in [3.05, 3.63) is 17.5 Å². The summed E-state index contributed by atoms with van der Waals surface area (Å²) in [6.07, 6.45) is 0.983. The highest BCUT2D eigenvalue weighted by Gasteiger charge is 2.02. The van der Waals surface area contributed by atoms with Crippen molar-refractivity contribution in [3.8, 4) is 0 Å². The summed E-state index contributed by atoms with van der Waals surface area (Å²) in [5.41, 5.74) is 6.37.